The summed E-state index contributed by atoms with van der Waals surface area (Å²) >= 11 is 1.33. The molecule has 4 rings (SSSR count). The van der Waals surface area contributed by atoms with Gasteiger partial charge in [0.2, 0.25) is 5.01 Å². The van der Waals surface area contributed by atoms with Crippen LogP contribution in [-0.4, -0.2) is 40.1 Å². The van der Waals surface area contributed by atoms with E-state index in [1.807, 2.05) is 67.3 Å². The summed E-state index contributed by atoms with van der Waals surface area (Å²) in [6.45, 7) is 5.29. The summed E-state index contributed by atoms with van der Waals surface area (Å²) < 4.78 is 0. The van der Waals surface area contributed by atoms with Gasteiger partial charge >= 0.3 is 6.03 Å². The van der Waals surface area contributed by atoms with Crippen molar-refractivity contribution < 1.29 is 9.59 Å². The number of hydrogen-bond acceptors (Lipinski definition) is 5. The number of likely N-dealkylation sites (tertiary alicyclic amines) is 1. The van der Waals surface area contributed by atoms with Gasteiger partial charge in [0.05, 0.1) is 0 Å². The number of piperidine rings is 1. The lowest BCUT2D eigenvalue weighted by Gasteiger charge is -2.31. The highest BCUT2D eigenvalue weighted by atomic mass is 32.1. The number of anilines is 2. The lowest BCUT2D eigenvalue weighted by atomic mass is 9.98. The fourth-order valence-corrected chi connectivity index (χ4v) is 4.48. The van der Waals surface area contributed by atoms with Crippen molar-refractivity contribution in [2.75, 3.05) is 23.7 Å². The second-order valence-corrected chi connectivity index (χ2v) is 8.84. The molecule has 3 aromatic rings. The fraction of sp³-hybridized carbons (Fsp3) is 0.304. The summed E-state index contributed by atoms with van der Waals surface area (Å²) in [6.07, 6.45) is 1.60. The number of aryl methyl sites for hydroxylation is 2. The van der Waals surface area contributed by atoms with Gasteiger partial charge < -0.3 is 15.5 Å². The van der Waals surface area contributed by atoms with E-state index in [1.54, 1.807) is 0 Å². The number of nitrogens with one attached hydrogen (secondary N) is 2. The topological polar surface area (TPSA) is 87.2 Å². The van der Waals surface area contributed by atoms with Crippen LogP contribution in [0.5, 0.6) is 0 Å². The third-order valence-electron chi connectivity index (χ3n) is 5.35. The smallest absolute Gasteiger partial charge is 0.321 e. The van der Waals surface area contributed by atoms with Crippen LogP contribution >= 0.6 is 11.3 Å². The summed E-state index contributed by atoms with van der Waals surface area (Å²) in [5, 5.41) is 15.4. The molecule has 160 valence electrons. The minimum absolute atomic E-state index is 0.0838. The van der Waals surface area contributed by atoms with Crippen molar-refractivity contribution in [2.45, 2.75) is 32.6 Å². The largest absolute Gasteiger partial charge is 0.324 e. The zero-order chi connectivity index (χ0) is 21.8. The average Bonchev–Trinajstić information content (AvgIpc) is 3.26. The highest BCUT2D eigenvalue weighted by molar-refractivity contribution is 7.13. The zero-order valence-electron chi connectivity index (χ0n) is 17.6. The lowest BCUT2D eigenvalue weighted by Crippen LogP contribution is -2.40. The number of aromatic nitrogens is 2. The molecule has 0 atom stereocenters. The minimum atomic E-state index is -0.248. The number of hydrogen-bond donors (Lipinski definition) is 2. The first kappa shape index (κ1) is 21.0. The van der Waals surface area contributed by atoms with E-state index in [4.69, 9.17) is 0 Å². The van der Waals surface area contributed by atoms with Crippen LogP contribution in [0.2, 0.25) is 0 Å². The van der Waals surface area contributed by atoms with Crippen LogP contribution in [-0.2, 0) is 0 Å². The number of carbonyl (C=O) groups is 2. The van der Waals surface area contributed by atoms with E-state index in [1.165, 1.54) is 11.3 Å². The Labute approximate surface area is 185 Å². The fourth-order valence-electron chi connectivity index (χ4n) is 3.57. The van der Waals surface area contributed by atoms with Crippen LogP contribution < -0.4 is 10.6 Å². The van der Waals surface area contributed by atoms with Crippen molar-refractivity contribution >= 4 is 34.6 Å². The summed E-state index contributed by atoms with van der Waals surface area (Å²) in [6, 6.07) is 15.3. The first-order chi connectivity index (χ1) is 15.0. The number of rotatable bonds is 4. The molecule has 8 heteroatoms. The highest BCUT2D eigenvalue weighted by Crippen LogP contribution is 2.30. The summed E-state index contributed by atoms with van der Waals surface area (Å²) in [5.74, 6) is -0.0379. The molecular weight excluding hydrogens is 410 g/mol. The predicted octanol–water partition coefficient (Wildman–Crippen LogP) is 4.82. The maximum Gasteiger partial charge on any atom is 0.321 e. The monoisotopic (exact) mass is 435 g/mol. The molecule has 2 aromatic carbocycles. The van der Waals surface area contributed by atoms with E-state index in [2.05, 4.69) is 20.8 Å². The van der Waals surface area contributed by atoms with Crippen molar-refractivity contribution in [1.29, 1.82) is 0 Å². The van der Waals surface area contributed by atoms with Crippen molar-refractivity contribution in [1.82, 2.24) is 15.1 Å². The SMILES string of the molecule is Cc1ccc(NC(=O)c2nnc(C3CCN(C(=O)Nc4cccc(C)c4)CC3)s2)cc1. The Morgan fingerprint density at radius 2 is 1.68 bits per heavy atom. The van der Waals surface area contributed by atoms with Gasteiger partial charge in [0.15, 0.2) is 0 Å². The van der Waals surface area contributed by atoms with E-state index in [-0.39, 0.29) is 17.9 Å². The number of urea groups is 1. The van der Waals surface area contributed by atoms with Crippen LogP contribution in [0.25, 0.3) is 0 Å². The van der Waals surface area contributed by atoms with Gasteiger partial charge in [0.25, 0.3) is 5.91 Å². The minimum Gasteiger partial charge on any atom is -0.324 e. The molecule has 1 aromatic heterocycles. The van der Waals surface area contributed by atoms with Crippen LogP contribution in [0.3, 0.4) is 0 Å². The molecule has 0 spiro atoms. The maximum atomic E-state index is 12.5. The molecule has 0 saturated carbocycles. The van der Waals surface area contributed by atoms with Gasteiger partial charge in [-0.15, -0.1) is 10.2 Å². The Morgan fingerprint density at radius 3 is 2.39 bits per heavy atom. The highest BCUT2D eigenvalue weighted by Gasteiger charge is 2.27. The number of benzene rings is 2. The summed E-state index contributed by atoms with van der Waals surface area (Å²) in [5.41, 5.74) is 3.78. The van der Waals surface area contributed by atoms with Gasteiger partial charge in [0.1, 0.15) is 5.01 Å². The first-order valence-electron chi connectivity index (χ1n) is 10.3. The Kier molecular flexibility index (Phi) is 6.27. The van der Waals surface area contributed by atoms with Crippen molar-refractivity contribution in [3.8, 4) is 0 Å². The second-order valence-electron chi connectivity index (χ2n) is 7.83. The van der Waals surface area contributed by atoms with Gasteiger partial charge in [-0.1, -0.05) is 41.2 Å². The van der Waals surface area contributed by atoms with Gasteiger partial charge in [-0.3, -0.25) is 4.79 Å². The second kappa shape index (κ2) is 9.26. The quantitative estimate of drug-likeness (QED) is 0.615. The Hall–Kier alpha value is -3.26. The molecule has 2 heterocycles. The van der Waals surface area contributed by atoms with E-state index < -0.39 is 0 Å². The van der Waals surface area contributed by atoms with Crippen LogP contribution in [0.4, 0.5) is 16.2 Å². The molecular formula is C23H25N5O2S. The molecule has 1 aliphatic heterocycles. The summed E-state index contributed by atoms with van der Waals surface area (Å²) in [4.78, 5) is 26.8. The third kappa shape index (κ3) is 5.27. The zero-order valence-corrected chi connectivity index (χ0v) is 18.4. The molecule has 7 nitrogen and oxygen atoms in total. The average molecular weight is 436 g/mol. The number of amides is 3. The molecule has 1 fully saturated rings. The normalized spacial score (nSPS) is 14.3. The molecule has 31 heavy (non-hydrogen) atoms. The van der Waals surface area contributed by atoms with Crippen molar-refractivity contribution in [3.05, 3.63) is 69.7 Å². The Balaban J connectivity index is 1.31. The van der Waals surface area contributed by atoms with E-state index in [0.29, 0.717) is 18.1 Å². The maximum absolute atomic E-state index is 12.5. The van der Waals surface area contributed by atoms with E-state index >= 15 is 0 Å². The first-order valence-corrected chi connectivity index (χ1v) is 11.1. The third-order valence-corrected chi connectivity index (χ3v) is 6.43. The van der Waals surface area contributed by atoms with Crippen LogP contribution in [0.15, 0.2) is 48.5 Å². The van der Waals surface area contributed by atoms with Gasteiger partial charge in [0, 0.05) is 30.4 Å². The molecule has 3 amide bonds. The van der Waals surface area contributed by atoms with E-state index in [0.717, 1.165) is 40.4 Å². The van der Waals surface area contributed by atoms with Gasteiger partial charge in [-0.05, 0) is 56.5 Å². The molecule has 0 radical (unpaired) electrons. The van der Waals surface area contributed by atoms with Crippen molar-refractivity contribution in [2.24, 2.45) is 0 Å². The van der Waals surface area contributed by atoms with Crippen LogP contribution in [0, 0.1) is 13.8 Å². The Morgan fingerprint density at radius 1 is 0.935 bits per heavy atom. The summed E-state index contributed by atoms with van der Waals surface area (Å²) in [7, 11) is 0. The molecule has 0 unspecified atom stereocenters. The van der Waals surface area contributed by atoms with Crippen LogP contribution in [0.1, 0.15) is 44.7 Å². The standard InChI is InChI=1S/C23H25N5O2S/c1-15-6-8-18(9-7-15)24-20(29)22-27-26-21(31-22)17-10-12-28(13-11-17)23(30)25-19-5-3-4-16(2)14-19/h3-9,14,17H,10-13H2,1-2H3,(H,24,29)(H,25,30). The molecule has 0 aliphatic carbocycles. The van der Waals surface area contributed by atoms with E-state index in [9.17, 15) is 9.59 Å². The molecule has 2 N–H and O–H groups in total. The number of nitrogens with zero attached hydrogens (tertiary/aromatic N) is 3. The Bertz CT molecular complexity index is 1070. The number of carbonyl (C=O) groups excluding carboxylic acids is 2. The van der Waals surface area contributed by atoms with Crippen molar-refractivity contribution in [3.63, 3.8) is 0 Å². The molecule has 1 aliphatic rings. The van der Waals surface area contributed by atoms with Gasteiger partial charge in [-0.25, -0.2) is 4.79 Å². The van der Waals surface area contributed by atoms with Gasteiger partial charge in [-0.2, -0.15) is 0 Å². The molecule has 1 saturated heterocycles. The predicted molar refractivity (Wildman–Crippen MR) is 123 cm³/mol. The molecule has 0 bridgehead atoms. The lowest BCUT2D eigenvalue weighted by molar-refractivity contribution is 0.102.